The van der Waals surface area contributed by atoms with Gasteiger partial charge in [0.05, 0.1) is 23.3 Å². The molecule has 0 saturated carbocycles. The summed E-state index contributed by atoms with van der Waals surface area (Å²) in [6.07, 6.45) is -15.7. The minimum absolute atomic E-state index is 0.0506. The van der Waals surface area contributed by atoms with Crippen LogP contribution in [0.3, 0.4) is 0 Å². The van der Waals surface area contributed by atoms with E-state index in [1.54, 1.807) is 0 Å². The molecule has 0 aliphatic carbocycles. The molecule has 0 spiro atoms. The number of ether oxygens (including phenoxy) is 2. The zero-order valence-corrected chi connectivity index (χ0v) is 21.3. The molecule has 2 aliphatic rings. The van der Waals surface area contributed by atoms with Crippen LogP contribution in [0.25, 0.3) is 22.3 Å². The monoisotopic (exact) mass is 562 g/mol. The van der Waals surface area contributed by atoms with Crippen LogP contribution in [0.1, 0.15) is 37.2 Å². The van der Waals surface area contributed by atoms with Crippen molar-refractivity contribution >= 4 is 11.0 Å². The molecule has 5 rings (SSSR count). The maximum atomic E-state index is 13.4. The summed E-state index contributed by atoms with van der Waals surface area (Å²) in [5.74, 6) is -1.82. The Bertz CT molecular complexity index is 1470. The molecule has 13 nitrogen and oxygen atoms in total. The molecule has 13 heteroatoms. The number of phenolic OH excluding ortho intramolecular Hbond substituents is 3. The largest absolute Gasteiger partial charge is 0.508 e. The first-order chi connectivity index (χ1) is 18.8. The van der Waals surface area contributed by atoms with Gasteiger partial charge in [-0.2, -0.15) is 0 Å². The zero-order chi connectivity index (χ0) is 29.2. The van der Waals surface area contributed by atoms with Gasteiger partial charge < -0.3 is 59.8 Å². The molecule has 10 atom stereocenters. The molecule has 40 heavy (non-hydrogen) atoms. The molecular formula is C27H30O13. The second kappa shape index (κ2) is 10.3. The Kier molecular flexibility index (Phi) is 7.27. The number of hydrogen-bond acceptors (Lipinski definition) is 13. The summed E-state index contributed by atoms with van der Waals surface area (Å²) in [5, 5.41) is 94.7. The number of benzene rings is 2. The lowest BCUT2D eigenvalue weighted by molar-refractivity contribution is -0.222. The SMILES string of the molecule is CC1OC(c2c(O)c(C3OC(C)C(O)C(O)C3O)c3oc(-c4ccc(O)cc4)cc(=O)c3c2O)C(O)C(O)C1O. The number of fused-ring (bicyclic) bond motifs is 1. The third-order valence-corrected chi connectivity index (χ3v) is 7.62. The Balaban J connectivity index is 1.82. The molecule has 216 valence electrons. The topological polar surface area (TPSA) is 231 Å². The summed E-state index contributed by atoms with van der Waals surface area (Å²) in [5.41, 5.74) is -1.89. The van der Waals surface area contributed by atoms with E-state index in [1.165, 1.54) is 38.1 Å². The average Bonchev–Trinajstić information content (AvgIpc) is 2.91. The van der Waals surface area contributed by atoms with E-state index in [1.807, 2.05) is 0 Å². The van der Waals surface area contributed by atoms with Crippen LogP contribution in [-0.4, -0.2) is 94.8 Å². The Labute approximate surface area is 226 Å². The number of aliphatic hydroxyl groups is 6. The van der Waals surface area contributed by atoms with Crippen LogP contribution in [0.15, 0.2) is 39.5 Å². The van der Waals surface area contributed by atoms with Gasteiger partial charge in [0, 0.05) is 11.6 Å². The van der Waals surface area contributed by atoms with Crippen molar-refractivity contribution in [3.05, 3.63) is 51.7 Å². The van der Waals surface area contributed by atoms with Crippen LogP contribution in [0, 0.1) is 0 Å². The van der Waals surface area contributed by atoms with E-state index in [0.29, 0.717) is 5.56 Å². The Hall–Kier alpha value is -3.27. The fraction of sp³-hybridized carbons (Fsp3) is 0.444. The van der Waals surface area contributed by atoms with E-state index in [-0.39, 0.29) is 11.5 Å². The fourth-order valence-corrected chi connectivity index (χ4v) is 5.29. The summed E-state index contributed by atoms with van der Waals surface area (Å²) >= 11 is 0. The van der Waals surface area contributed by atoms with E-state index in [2.05, 4.69) is 0 Å². The van der Waals surface area contributed by atoms with E-state index >= 15 is 0 Å². The van der Waals surface area contributed by atoms with Crippen LogP contribution >= 0.6 is 0 Å². The number of phenols is 3. The quantitative estimate of drug-likeness (QED) is 0.199. The van der Waals surface area contributed by atoms with Crippen molar-refractivity contribution in [2.75, 3.05) is 0 Å². The first-order valence-corrected chi connectivity index (χ1v) is 12.6. The summed E-state index contributed by atoms with van der Waals surface area (Å²) in [4.78, 5) is 13.4. The molecule has 1 aromatic heterocycles. The molecule has 2 aromatic carbocycles. The third-order valence-electron chi connectivity index (χ3n) is 7.62. The number of hydrogen-bond donors (Lipinski definition) is 9. The van der Waals surface area contributed by atoms with Crippen molar-refractivity contribution in [2.24, 2.45) is 0 Å². The Morgan fingerprint density at radius 2 is 1.15 bits per heavy atom. The lowest BCUT2D eigenvalue weighted by atomic mass is 9.85. The van der Waals surface area contributed by atoms with Crippen molar-refractivity contribution in [1.29, 1.82) is 0 Å². The molecule has 2 saturated heterocycles. The van der Waals surface area contributed by atoms with Gasteiger partial charge in [-0.15, -0.1) is 0 Å². The van der Waals surface area contributed by atoms with E-state index in [9.17, 15) is 50.8 Å². The molecule has 2 aliphatic heterocycles. The standard InChI is InChI=1S/C27H30O13/c1-8-17(30)21(34)23(36)26(38-8)15-19(32)14-12(29)7-13(10-3-5-11(28)6-4-10)40-25(14)16(20(15)33)27-24(37)22(35)18(31)9(2)39-27/h3-9,17-18,21-24,26-28,30-37H,1-2H3. The highest BCUT2D eigenvalue weighted by Gasteiger charge is 2.48. The molecule has 0 bridgehead atoms. The van der Waals surface area contributed by atoms with Crippen LogP contribution in [-0.2, 0) is 9.47 Å². The average molecular weight is 563 g/mol. The second-order valence-corrected chi connectivity index (χ2v) is 10.2. The predicted octanol–water partition coefficient (Wildman–Crippen LogP) is -0.338. The van der Waals surface area contributed by atoms with Crippen LogP contribution in [0.5, 0.6) is 17.2 Å². The maximum Gasteiger partial charge on any atom is 0.197 e. The molecular weight excluding hydrogens is 532 g/mol. The van der Waals surface area contributed by atoms with Crippen molar-refractivity contribution < 1.29 is 59.8 Å². The Morgan fingerprint density at radius 1 is 0.650 bits per heavy atom. The zero-order valence-electron chi connectivity index (χ0n) is 21.3. The van der Waals surface area contributed by atoms with Crippen molar-refractivity contribution in [1.82, 2.24) is 0 Å². The summed E-state index contributed by atoms with van der Waals surface area (Å²) in [6, 6.07) is 6.62. The molecule has 9 N–H and O–H groups in total. The molecule has 0 amide bonds. The van der Waals surface area contributed by atoms with Crippen LogP contribution in [0.4, 0.5) is 0 Å². The highest BCUT2D eigenvalue weighted by Crippen LogP contribution is 2.50. The van der Waals surface area contributed by atoms with Gasteiger partial charge in [-0.1, -0.05) is 0 Å². The first-order valence-electron chi connectivity index (χ1n) is 12.6. The second-order valence-electron chi connectivity index (χ2n) is 10.2. The van der Waals surface area contributed by atoms with Gasteiger partial charge in [0.25, 0.3) is 0 Å². The maximum absolute atomic E-state index is 13.4. The third kappa shape index (κ3) is 4.40. The number of rotatable bonds is 3. The van der Waals surface area contributed by atoms with Crippen LogP contribution < -0.4 is 5.43 Å². The first kappa shape index (κ1) is 28.3. The molecule has 10 unspecified atom stereocenters. The highest BCUT2D eigenvalue weighted by molar-refractivity contribution is 5.92. The molecule has 3 aromatic rings. The molecule has 3 heterocycles. The van der Waals surface area contributed by atoms with Gasteiger partial charge >= 0.3 is 0 Å². The van der Waals surface area contributed by atoms with Gasteiger partial charge in [-0.25, -0.2) is 0 Å². The number of aliphatic hydroxyl groups excluding tert-OH is 6. The van der Waals surface area contributed by atoms with Gasteiger partial charge in [-0.05, 0) is 38.1 Å². The summed E-state index contributed by atoms with van der Waals surface area (Å²) < 4.78 is 17.3. The fourth-order valence-electron chi connectivity index (χ4n) is 5.29. The van der Waals surface area contributed by atoms with E-state index < -0.39 is 100 Å². The molecule has 2 fully saturated rings. The van der Waals surface area contributed by atoms with Crippen molar-refractivity contribution in [3.8, 4) is 28.6 Å². The van der Waals surface area contributed by atoms with Gasteiger partial charge in [0.15, 0.2) is 11.0 Å². The lowest BCUT2D eigenvalue weighted by Gasteiger charge is -2.41. The van der Waals surface area contributed by atoms with Crippen molar-refractivity contribution in [2.45, 2.75) is 74.9 Å². The van der Waals surface area contributed by atoms with Gasteiger partial charge in [0.2, 0.25) is 0 Å². The smallest absolute Gasteiger partial charge is 0.197 e. The minimum Gasteiger partial charge on any atom is -0.508 e. The summed E-state index contributed by atoms with van der Waals surface area (Å²) in [6.45, 7) is 2.79. The summed E-state index contributed by atoms with van der Waals surface area (Å²) in [7, 11) is 0. The van der Waals surface area contributed by atoms with E-state index in [4.69, 9.17) is 13.9 Å². The Morgan fingerprint density at radius 3 is 1.68 bits per heavy atom. The normalized spacial score (nSPS) is 34.7. The highest BCUT2D eigenvalue weighted by atomic mass is 16.5. The van der Waals surface area contributed by atoms with Crippen LogP contribution in [0.2, 0.25) is 0 Å². The van der Waals surface area contributed by atoms with Gasteiger partial charge in [0.1, 0.15) is 77.2 Å². The van der Waals surface area contributed by atoms with Crippen molar-refractivity contribution in [3.63, 3.8) is 0 Å². The van der Waals surface area contributed by atoms with Gasteiger partial charge in [-0.3, -0.25) is 4.79 Å². The predicted molar refractivity (Wildman–Crippen MR) is 136 cm³/mol. The number of aromatic hydroxyl groups is 3. The van der Waals surface area contributed by atoms with E-state index in [0.717, 1.165) is 6.07 Å². The molecule has 0 radical (unpaired) electrons. The minimum atomic E-state index is -1.87. The lowest BCUT2D eigenvalue weighted by Crippen LogP contribution is -2.53.